The zero-order valence-electron chi connectivity index (χ0n) is 12.5. The van der Waals surface area contributed by atoms with Crippen LogP contribution in [0.5, 0.6) is 0 Å². The highest BCUT2D eigenvalue weighted by Crippen LogP contribution is 2.33. The first kappa shape index (κ1) is 18.2. The van der Waals surface area contributed by atoms with Gasteiger partial charge in [0.25, 0.3) is 0 Å². The summed E-state index contributed by atoms with van der Waals surface area (Å²) in [7, 11) is -3.57. The van der Waals surface area contributed by atoms with Crippen LogP contribution >= 0.6 is 12.4 Å². The van der Waals surface area contributed by atoms with Crippen molar-refractivity contribution in [3.63, 3.8) is 0 Å². The predicted molar refractivity (Wildman–Crippen MR) is 88.0 cm³/mol. The minimum absolute atomic E-state index is 0. The summed E-state index contributed by atoms with van der Waals surface area (Å²) in [5.41, 5.74) is 5.47. The molecule has 0 radical (unpaired) electrons. The number of benzene rings is 1. The summed E-state index contributed by atoms with van der Waals surface area (Å²) in [5.74, 6) is -0.270. The molecule has 0 bridgehead atoms. The number of carbonyl (C=O) groups excluding carboxylic acids is 1. The molecule has 3 N–H and O–H groups in total. The monoisotopic (exact) mass is 361 g/mol. The lowest BCUT2D eigenvalue weighted by molar-refractivity contribution is -0.118. The molecule has 2 fully saturated rings. The van der Waals surface area contributed by atoms with Crippen LogP contribution in [0.25, 0.3) is 0 Å². The smallest absolute Gasteiger partial charge is 0.244 e. The molecular formula is C14H20ClN3O4S. The SMILES string of the molecule is Cl.NC1(C(=O)Nc2cccc(S(=O)(=O)N3CCOCC3)c2)CC1. The molecule has 2 aliphatic rings. The van der Waals surface area contributed by atoms with Crippen molar-refractivity contribution in [3.8, 4) is 0 Å². The van der Waals surface area contributed by atoms with Crippen molar-refractivity contribution < 1.29 is 17.9 Å². The van der Waals surface area contributed by atoms with Crippen molar-refractivity contribution in [1.29, 1.82) is 0 Å². The number of rotatable bonds is 4. The number of morpholine rings is 1. The number of hydrogen-bond donors (Lipinski definition) is 2. The Labute approximate surface area is 141 Å². The maximum atomic E-state index is 12.6. The van der Waals surface area contributed by atoms with Gasteiger partial charge in [-0.25, -0.2) is 8.42 Å². The van der Waals surface area contributed by atoms with Crippen LogP contribution in [0.15, 0.2) is 29.2 Å². The van der Waals surface area contributed by atoms with Gasteiger partial charge in [0, 0.05) is 18.8 Å². The summed E-state index contributed by atoms with van der Waals surface area (Å²) < 4.78 is 31.7. The lowest BCUT2D eigenvalue weighted by Gasteiger charge is -2.26. The van der Waals surface area contributed by atoms with E-state index in [1.54, 1.807) is 12.1 Å². The standard InChI is InChI=1S/C14H19N3O4S.ClH/c15-14(4-5-14)13(18)16-11-2-1-3-12(10-11)22(19,20)17-6-8-21-9-7-17;/h1-3,10H,4-9,15H2,(H,16,18);1H. The maximum Gasteiger partial charge on any atom is 0.244 e. The van der Waals surface area contributed by atoms with Gasteiger partial charge in [0.05, 0.1) is 23.6 Å². The van der Waals surface area contributed by atoms with Gasteiger partial charge in [-0.1, -0.05) is 6.07 Å². The molecule has 0 aromatic heterocycles. The number of halogens is 1. The van der Waals surface area contributed by atoms with Crippen molar-refractivity contribution >= 4 is 34.0 Å². The van der Waals surface area contributed by atoms with Gasteiger partial charge in [-0.05, 0) is 31.0 Å². The number of nitrogens with two attached hydrogens (primary N) is 1. The number of anilines is 1. The first-order valence-electron chi connectivity index (χ1n) is 7.20. The molecule has 0 unspecified atom stereocenters. The summed E-state index contributed by atoms with van der Waals surface area (Å²) in [4.78, 5) is 12.1. The fourth-order valence-corrected chi connectivity index (χ4v) is 3.74. The molecule has 0 atom stereocenters. The Bertz CT molecular complexity index is 685. The van der Waals surface area contributed by atoms with Crippen LogP contribution in [-0.4, -0.2) is 50.5 Å². The molecule has 1 amide bonds. The zero-order chi connectivity index (χ0) is 15.8. The van der Waals surface area contributed by atoms with E-state index in [9.17, 15) is 13.2 Å². The minimum Gasteiger partial charge on any atom is -0.379 e. The second kappa shape index (κ2) is 6.74. The van der Waals surface area contributed by atoms with E-state index in [1.165, 1.54) is 16.4 Å². The molecule has 1 aliphatic heterocycles. The number of amides is 1. The van der Waals surface area contributed by atoms with Crippen LogP contribution in [0.2, 0.25) is 0 Å². The maximum absolute atomic E-state index is 12.6. The third kappa shape index (κ3) is 3.84. The van der Waals surface area contributed by atoms with Gasteiger partial charge in [-0.15, -0.1) is 12.4 Å². The van der Waals surface area contributed by atoms with E-state index in [4.69, 9.17) is 10.5 Å². The number of carbonyl (C=O) groups is 1. The third-order valence-corrected chi connectivity index (χ3v) is 5.84. The first-order chi connectivity index (χ1) is 10.4. The van der Waals surface area contributed by atoms with E-state index in [-0.39, 0.29) is 23.2 Å². The summed E-state index contributed by atoms with van der Waals surface area (Å²) in [5, 5.41) is 2.69. The summed E-state index contributed by atoms with van der Waals surface area (Å²) in [6.07, 6.45) is 1.31. The molecule has 7 nitrogen and oxygen atoms in total. The first-order valence-corrected chi connectivity index (χ1v) is 8.64. The Balaban J connectivity index is 0.00000192. The van der Waals surface area contributed by atoms with Gasteiger partial charge >= 0.3 is 0 Å². The highest BCUT2D eigenvalue weighted by atomic mass is 35.5. The van der Waals surface area contributed by atoms with E-state index in [0.29, 0.717) is 44.8 Å². The van der Waals surface area contributed by atoms with Crippen LogP contribution < -0.4 is 11.1 Å². The number of nitrogens with one attached hydrogen (secondary N) is 1. The van der Waals surface area contributed by atoms with Gasteiger partial charge in [0.1, 0.15) is 0 Å². The molecule has 9 heteroatoms. The van der Waals surface area contributed by atoms with Crippen molar-refractivity contribution in [2.75, 3.05) is 31.6 Å². The van der Waals surface area contributed by atoms with E-state index in [2.05, 4.69) is 5.32 Å². The minimum atomic E-state index is -3.57. The Kier molecular flexibility index (Phi) is 5.32. The van der Waals surface area contributed by atoms with E-state index in [0.717, 1.165) is 0 Å². The molecule has 1 aromatic rings. The van der Waals surface area contributed by atoms with Crippen molar-refractivity contribution in [2.24, 2.45) is 5.73 Å². The van der Waals surface area contributed by atoms with Gasteiger partial charge in [-0.2, -0.15) is 4.31 Å². The second-order valence-corrected chi connectivity index (χ2v) is 7.59. The average Bonchev–Trinajstić information content (AvgIpc) is 3.28. The molecule has 3 rings (SSSR count). The molecule has 1 saturated heterocycles. The second-order valence-electron chi connectivity index (χ2n) is 5.65. The predicted octanol–water partition coefficient (Wildman–Crippen LogP) is 0.559. The molecule has 1 aliphatic carbocycles. The summed E-state index contributed by atoms with van der Waals surface area (Å²) in [6.45, 7) is 1.46. The molecule has 23 heavy (non-hydrogen) atoms. The fraction of sp³-hybridized carbons (Fsp3) is 0.500. The Morgan fingerprint density at radius 1 is 1.26 bits per heavy atom. The molecule has 1 aromatic carbocycles. The number of ether oxygens (including phenoxy) is 1. The third-order valence-electron chi connectivity index (χ3n) is 3.94. The van der Waals surface area contributed by atoms with Gasteiger partial charge < -0.3 is 15.8 Å². The van der Waals surface area contributed by atoms with Gasteiger partial charge in [0.2, 0.25) is 15.9 Å². The number of sulfonamides is 1. The molecule has 128 valence electrons. The zero-order valence-corrected chi connectivity index (χ0v) is 14.2. The van der Waals surface area contributed by atoms with Crippen molar-refractivity contribution in [1.82, 2.24) is 4.31 Å². The van der Waals surface area contributed by atoms with Crippen LogP contribution in [0.4, 0.5) is 5.69 Å². The molecule has 1 heterocycles. The highest BCUT2D eigenvalue weighted by molar-refractivity contribution is 7.89. The van der Waals surface area contributed by atoms with Crippen molar-refractivity contribution in [2.45, 2.75) is 23.3 Å². The Morgan fingerprint density at radius 3 is 2.52 bits per heavy atom. The number of hydrogen-bond acceptors (Lipinski definition) is 5. The molecule has 1 saturated carbocycles. The van der Waals surface area contributed by atoms with Crippen LogP contribution in [-0.2, 0) is 19.6 Å². The van der Waals surface area contributed by atoms with E-state index in [1.807, 2.05) is 0 Å². The topological polar surface area (TPSA) is 102 Å². The van der Waals surface area contributed by atoms with Gasteiger partial charge in [0.15, 0.2) is 0 Å². The molecular weight excluding hydrogens is 342 g/mol. The Hall–Kier alpha value is -1.19. The average molecular weight is 362 g/mol. The summed E-state index contributed by atoms with van der Waals surface area (Å²) in [6, 6.07) is 6.26. The van der Waals surface area contributed by atoms with E-state index >= 15 is 0 Å². The lowest BCUT2D eigenvalue weighted by Crippen LogP contribution is -2.40. The molecule has 0 spiro atoms. The van der Waals surface area contributed by atoms with Crippen LogP contribution in [0.3, 0.4) is 0 Å². The van der Waals surface area contributed by atoms with Crippen molar-refractivity contribution in [3.05, 3.63) is 24.3 Å². The van der Waals surface area contributed by atoms with Crippen LogP contribution in [0, 0.1) is 0 Å². The van der Waals surface area contributed by atoms with Gasteiger partial charge in [-0.3, -0.25) is 4.79 Å². The van der Waals surface area contributed by atoms with E-state index < -0.39 is 15.6 Å². The largest absolute Gasteiger partial charge is 0.379 e. The fourth-order valence-electron chi connectivity index (χ4n) is 2.29. The number of nitrogens with zero attached hydrogens (tertiary/aromatic N) is 1. The Morgan fingerprint density at radius 2 is 1.91 bits per heavy atom. The highest BCUT2D eigenvalue weighted by Gasteiger charge is 2.46. The normalized spacial score (nSPS) is 20.4. The lowest BCUT2D eigenvalue weighted by atomic mass is 10.2. The quantitative estimate of drug-likeness (QED) is 0.815. The van der Waals surface area contributed by atoms with Crippen LogP contribution in [0.1, 0.15) is 12.8 Å². The summed E-state index contributed by atoms with van der Waals surface area (Å²) >= 11 is 0.